The molecule has 0 N–H and O–H groups in total. The van der Waals surface area contributed by atoms with Crippen molar-refractivity contribution in [2.45, 2.75) is 32.1 Å². The van der Waals surface area contributed by atoms with Crippen molar-refractivity contribution >= 4 is 38.6 Å². The van der Waals surface area contributed by atoms with E-state index < -0.39 is 0 Å². The zero-order valence-corrected chi connectivity index (χ0v) is 16.0. The van der Waals surface area contributed by atoms with E-state index in [0.29, 0.717) is 5.91 Å². The highest BCUT2D eigenvalue weighted by Crippen LogP contribution is 2.28. The summed E-state index contributed by atoms with van der Waals surface area (Å²) < 4.78 is 1.03. The molecule has 2 saturated heterocycles. The van der Waals surface area contributed by atoms with Crippen molar-refractivity contribution in [1.82, 2.24) is 9.88 Å². The zero-order valence-electron chi connectivity index (χ0n) is 14.5. The molecule has 3 heterocycles. The van der Waals surface area contributed by atoms with Gasteiger partial charge >= 0.3 is 0 Å². The van der Waals surface area contributed by atoms with E-state index in [0.717, 1.165) is 60.2 Å². The van der Waals surface area contributed by atoms with Crippen molar-refractivity contribution in [1.29, 1.82) is 0 Å². The van der Waals surface area contributed by atoms with Gasteiger partial charge in [-0.1, -0.05) is 12.1 Å². The van der Waals surface area contributed by atoms with Gasteiger partial charge in [0.15, 0.2) is 0 Å². The Labute approximate surface area is 157 Å². The molecule has 0 radical (unpaired) electrons. The van der Waals surface area contributed by atoms with Gasteiger partial charge in [-0.2, -0.15) is 0 Å². The van der Waals surface area contributed by atoms with Crippen LogP contribution in [-0.2, 0) is 4.79 Å². The summed E-state index contributed by atoms with van der Waals surface area (Å²) in [6.45, 7) is 3.74. The van der Waals surface area contributed by atoms with Crippen LogP contribution in [0.4, 0.5) is 5.82 Å². The van der Waals surface area contributed by atoms with Crippen LogP contribution in [0.25, 0.3) is 10.9 Å². The summed E-state index contributed by atoms with van der Waals surface area (Å²) in [5.41, 5.74) is 1.01. The van der Waals surface area contributed by atoms with Gasteiger partial charge in [0.2, 0.25) is 5.91 Å². The molecule has 4 nitrogen and oxygen atoms in total. The first-order chi connectivity index (χ1) is 12.2. The number of nitrogens with zero attached hydrogens (tertiary/aromatic N) is 3. The molecule has 0 aliphatic carbocycles. The molecule has 1 aromatic carbocycles. The molecule has 0 saturated carbocycles. The highest BCUT2D eigenvalue weighted by Gasteiger charge is 2.29. The maximum atomic E-state index is 12.7. The maximum absolute atomic E-state index is 12.7. The van der Waals surface area contributed by atoms with E-state index in [1.807, 2.05) is 12.1 Å². The first-order valence-electron chi connectivity index (χ1n) is 9.31. The third-order valence-corrected chi connectivity index (χ3v) is 6.13. The molecule has 0 spiro atoms. The van der Waals surface area contributed by atoms with Crippen LogP contribution >= 0.6 is 15.9 Å². The molecule has 2 aliphatic rings. The fraction of sp³-hybridized carbons (Fsp3) is 0.500. The number of likely N-dealkylation sites (tertiary alicyclic amines) is 1. The van der Waals surface area contributed by atoms with Crippen molar-refractivity contribution in [2.24, 2.45) is 5.92 Å². The van der Waals surface area contributed by atoms with Crippen LogP contribution in [-0.4, -0.2) is 42.0 Å². The first-order valence-corrected chi connectivity index (χ1v) is 10.1. The summed E-state index contributed by atoms with van der Waals surface area (Å²) in [5, 5.41) is 1.15. The third-order valence-electron chi connectivity index (χ3n) is 5.49. The number of para-hydroxylation sites is 1. The summed E-state index contributed by atoms with van der Waals surface area (Å²) in [6, 6.07) is 10.4. The van der Waals surface area contributed by atoms with E-state index in [1.54, 1.807) is 0 Å². The number of carbonyl (C=O) groups excluding carboxylic acids is 1. The summed E-state index contributed by atoms with van der Waals surface area (Å²) in [4.78, 5) is 22.0. The van der Waals surface area contributed by atoms with Crippen LogP contribution in [0.15, 0.2) is 34.8 Å². The van der Waals surface area contributed by atoms with E-state index in [2.05, 4.69) is 43.9 Å². The van der Waals surface area contributed by atoms with Crippen molar-refractivity contribution in [3.05, 3.63) is 34.8 Å². The summed E-state index contributed by atoms with van der Waals surface area (Å²) in [6.07, 6.45) is 5.47. The van der Waals surface area contributed by atoms with Gasteiger partial charge in [-0.25, -0.2) is 4.98 Å². The van der Waals surface area contributed by atoms with Gasteiger partial charge in [-0.15, -0.1) is 0 Å². The lowest BCUT2D eigenvalue weighted by Gasteiger charge is -2.36. The molecule has 2 aromatic rings. The highest BCUT2D eigenvalue weighted by molar-refractivity contribution is 9.10. The number of benzene rings is 1. The molecule has 4 rings (SSSR count). The predicted octanol–water partition coefficient (Wildman–Crippen LogP) is 4.23. The van der Waals surface area contributed by atoms with Crippen LogP contribution in [0.2, 0.25) is 0 Å². The number of anilines is 1. The number of piperidine rings is 2. The minimum atomic E-state index is 0.196. The second-order valence-corrected chi connectivity index (χ2v) is 7.98. The van der Waals surface area contributed by atoms with Gasteiger partial charge < -0.3 is 9.80 Å². The molecule has 2 aliphatic heterocycles. The second kappa shape index (κ2) is 7.32. The van der Waals surface area contributed by atoms with E-state index in [9.17, 15) is 4.79 Å². The van der Waals surface area contributed by atoms with Crippen LogP contribution < -0.4 is 4.90 Å². The Balaban J connectivity index is 1.43. The van der Waals surface area contributed by atoms with E-state index in [1.165, 1.54) is 19.3 Å². The fourth-order valence-corrected chi connectivity index (χ4v) is 4.47. The molecule has 1 aromatic heterocycles. The summed E-state index contributed by atoms with van der Waals surface area (Å²) >= 11 is 3.60. The van der Waals surface area contributed by atoms with Crippen LogP contribution in [0.3, 0.4) is 0 Å². The molecule has 2 fully saturated rings. The zero-order chi connectivity index (χ0) is 17.2. The Hall–Kier alpha value is -1.62. The maximum Gasteiger partial charge on any atom is 0.225 e. The van der Waals surface area contributed by atoms with Crippen LogP contribution in [0, 0.1) is 5.92 Å². The van der Waals surface area contributed by atoms with Crippen molar-refractivity contribution in [2.75, 3.05) is 31.1 Å². The molecule has 0 atom stereocenters. The van der Waals surface area contributed by atoms with E-state index >= 15 is 0 Å². The number of amides is 1. The largest absolute Gasteiger partial charge is 0.357 e. The van der Waals surface area contributed by atoms with Gasteiger partial charge in [-0.3, -0.25) is 4.79 Å². The smallest absolute Gasteiger partial charge is 0.225 e. The first kappa shape index (κ1) is 16.8. The van der Waals surface area contributed by atoms with Gasteiger partial charge in [0.1, 0.15) is 5.82 Å². The molecule has 132 valence electrons. The van der Waals surface area contributed by atoms with Crippen molar-refractivity contribution < 1.29 is 4.79 Å². The average Bonchev–Trinajstić information content (AvgIpc) is 2.68. The predicted molar refractivity (Wildman–Crippen MR) is 105 cm³/mol. The number of aromatic nitrogens is 1. The third kappa shape index (κ3) is 3.52. The SMILES string of the molecule is O=C(C1CCN(c2ccc3cccc(Br)c3n2)CC1)N1CCCCC1. The Morgan fingerprint density at radius 2 is 1.76 bits per heavy atom. The number of pyridine rings is 1. The minimum absolute atomic E-state index is 0.196. The molecule has 0 bridgehead atoms. The quantitative estimate of drug-likeness (QED) is 0.755. The normalized spacial score (nSPS) is 19.4. The number of hydrogen-bond acceptors (Lipinski definition) is 3. The van der Waals surface area contributed by atoms with E-state index in [-0.39, 0.29) is 5.92 Å². The van der Waals surface area contributed by atoms with Crippen molar-refractivity contribution in [3.8, 4) is 0 Å². The van der Waals surface area contributed by atoms with Gasteiger partial charge in [0, 0.05) is 42.0 Å². The highest BCUT2D eigenvalue weighted by atomic mass is 79.9. The monoisotopic (exact) mass is 401 g/mol. The van der Waals surface area contributed by atoms with Gasteiger partial charge in [0.25, 0.3) is 0 Å². The topological polar surface area (TPSA) is 36.4 Å². The number of halogens is 1. The van der Waals surface area contributed by atoms with Crippen LogP contribution in [0.1, 0.15) is 32.1 Å². The summed E-state index contributed by atoms with van der Waals surface area (Å²) in [7, 11) is 0. The standard InChI is InChI=1S/C20H24BrN3O/c21-17-6-4-5-15-7-8-18(22-19(15)17)23-13-9-16(10-14-23)20(25)24-11-2-1-3-12-24/h4-8,16H,1-3,9-14H2. The number of fused-ring (bicyclic) bond motifs is 1. The number of carbonyl (C=O) groups is 1. The molecule has 5 heteroatoms. The van der Waals surface area contributed by atoms with Gasteiger partial charge in [0.05, 0.1) is 5.52 Å². The molecule has 0 unspecified atom stereocenters. The lowest BCUT2D eigenvalue weighted by atomic mass is 9.94. The Kier molecular flexibility index (Phi) is 4.93. The van der Waals surface area contributed by atoms with Crippen LogP contribution in [0.5, 0.6) is 0 Å². The lowest BCUT2D eigenvalue weighted by molar-refractivity contribution is -0.137. The Morgan fingerprint density at radius 1 is 1.00 bits per heavy atom. The minimum Gasteiger partial charge on any atom is -0.357 e. The lowest BCUT2D eigenvalue weighted by Crippen LogP contribution is -2.44. The Morgan fingerprint density at radius 3 is 2.52 bits per heavy atom. The number of hydrogen-bond donors (Lipinski definition) is 0. The van der Waals surface area contributed by atoms with Crippen molar-refractivity contribution in [3.63, 3.8) is 0 Å². The number of rotatable bonds is 2. The molecule has 1 amide bonds. The van der Waals surface area contributed by atoms with Gasteiger partial charge in [-0.05, 0) is 66.2 Å². The average molecular weight is 402 g/mol. The summed E-state index contributed by atoms with van der Waals surface area (Å²) in [5.74, 6) is 1.60. The second-order valence-electron chi connectivity index (χ2n) is 7.13. The molecular formula is C20H24BrN3O. The fourth-order valence-electron chi connectivity index (χ4n) is 4.00. The molecular weight excluding hydrogens is 378 g/mol. The Bertz CT molecular complexity index is 765. The van der Waals surface area contributed by atoms with E-state index in [4.69, 9.17) is 4.98 Å². The molecule has 25 heavy (non-hydrogen) atoms.